The van der Waals surface area contributed by atoms with E-state index >= 15 is 0 Å². The Bertz CT molecular complexity index is 723. The lowest BCUT2D eigenvalue weighted by Gasteiger charge is -2.20. The van der Waals surface area contributed by atoms with E-state index in [1.165, 1.54) is 5.56 Å². The fourth-order valence-electron chi connectivity index (χ4n) is 2.38. The molecule has 0 aliphatic carbocycles. The predicted molar refractivity (Wildman–Crippen MR) is 93.1 cm³/mol. The van der Waals surface area contributed by atoms with Gasteiger partial charge in [0.1, 0.15) is 0 Å². The Morgan fingerprint density at radius 2 is 1.50 bits per heavy atom. The van der Waals surface area contributed by atoms with Crippen molar-refractivity contribution in [3.8, 4) is 11.1 Å². The van der Waals surface area contributed by atoms with Crippen LogP contribution in [0.2, 0.25) is 5.02 Å². The Kier molecular flexibility index (Phi) is 4.60. The van der Waals surface area contributed by atoms with Crippen LogP contribution in [0.1, 0.15) is 23.3 Å². The van der Waals surface area contributed by atoms with Crippen molar-refractivity contribution in [3.63, 3.8) is 0 Å². The number of rotatable bonds is 4. The Morgan fingerprint density at radius 3 is 2.09 bits per heavy atom. The molecule has 0 spiro atoms. The van der Waals surface area contributed by atoms with Crippen molar-refractivity contribution in [3.05, 3.63) is 81.5 Å². The highest BCUT2D eigenvalue weighted by atomic mass is 35.5. The van der Waals surface area contributed by atoms with Gasteiger partial charge in [0.15, 0.2) is 0 Å². The van der Waals surface area contributed by atoms with Crippen molar-refractivity contribution in [1.82, 2.24) is 0 Å². The summed E-state index contributed by atoms with van der Waals surface area (Å²) in [6, 6.07) is 16.7. The molecule has 0 radical (unpaired) electrons. The first kappa shape index (κ1) is 15.3. The van der Waals surface area contributed by atoms with Crippen molar-refractivity contribution in [2.45, 2.75) is 12.1 Å². The number of thiophene rings is 1. The summed E-state index contributed by atoms with van der Waals surface area (Å²) >= 11 is 7.54. The molecule has 0 unspecified atom stereocenters. The molecule has 112 valence electrons. The first-order valence-electron chi connectivity index (χ1n) is 6.97. The third-order valence-corrected chi connectivity index (χ3v) is 4.64. The molecule has 3 aromatic rings. The quantitative estimate of drug-likeness (QED) is 0.722. The summed E-state index contributed by atoms with van der Waals surface area (Å²) in [5.74, 6) is 0. The van der Waals surface area contributed by atoms with Crippen LogP contribution in [0.25, 0.3) is 11.1 Å². The Morgan fingerprint density at radius 1 is 0.864 bits per heavy atom. The van der Waals surface area contributed by atoms with Crippen LogP contribution in [-0.2, 0) is 0 Å². The molecule has 0 saturated heterocycles. The summed E-state index contributed by atoms with van der Waals surface area (Å²) in [4.78, 5) is 0. The summed E-state index contributed by atoms with van der Waals surface area (Å²) in [6.07, 6.45) is -0.752. The molecule has 0 amide bonds. The topological polar surface area (TPSA) is 46.2 Å². The second-order valence-electron chi connectivity index (χ2n) is 5.16. The summed E-state index contributed by atoms with van der Waals surface area (Å²) in [5, 5.41) is 15.3. The SMILES string of the molecule is N[C@@H](c1ccc(Cl)cc1)[C@H](O)c1ccc(-c2ccsc2)cc1. The third-order valence-electron chi connectivity index (χ3n) is 3.70. The fourth-order valence-corrected chi connectivity index (χ4v) is 3.17. The molecule has 1 heterocycles. The molecule has 0 fully saturated rings. The van der Waals surface area contributed by atoms with Gasteiger partial charge in [0.05, 0.1) is 12.1 Å². The molecule has 2 atom stereocenters. The molecule has 4 heteroatoms. The minimum absolute atomic E-state index is 0.482. The second-order valence-corrected chi connectivity index (χ2v) is 6.37. The van der Waals surface area contributed by atoms with Gasteiger partial charge in [0, 0.05) is 5.02 Å². The molecular formula is C18H16ClNOS. The number of aliphatic hydroxyl groups is 1. The van der Waals surface area contributed by atoms with E-state index in [2.05, 4.69) is 16.8 Å². The maximum absolute atomic E-state index is 10.5. The van der Waals surface area contributed by atoms with Crippen molar-refractivity contribution in [1.29, 1.82) is 0 Å². The Balaban J connectivity index is 1.79. The van der Waals surface area contributed by atoms with Gasteiger partial charge in [-0.25, -0.2) is 0 Å². The number of aliphatic hydroxyl groups excluding tert-OH is 1. The van der Waals surface area contributed by atoms with Crippen LogP contribution < -0.4 is 5.73 Å². The molecule has 22 heavy (non-hydrogen) atoms. The molecule has 0 bridgehead atoms. The molecule has 0 aliphatic rings. The van der Waals surface area contributed by atoms with Crippen LogP contribution in [0.15, 0.2) is 65.4 Å². The van der Waals surface area contributed by atoms with Crippen molar-refractivity contribution >= 4 is 22.9 Å². The normalized spacial score (nSPS) is 13.8. The molecule has 2 aromatic carbocycles. The highest BCUT2D eigenvalue weighted by Gasteiger charge is 2.18. The molecular weight excluding hydrogens is 314 g/mol. The summed E-state index contributed by atoms with van der Waals surface area (Å²) in [7, 11) is 0. The maximum Gasteiger partial charge on any atom is 0.0982 e. The largest absolute Gasteiger partial charge is 0.386 e. The van der Waals surface area contributed by atoms with Gasteiger partial charge in [0.2, 0.25) is 0 Å². The van der Waals surface area contributed by atoms with Crippen molar-refractivity contribution in [2.75, 3.05) is 0 Å². The first-order valence-corrected chi connectivity index (χ1v) is 8.29. The summed E-state index contributed by atoms with van der Waals surface area (Å²) < 4.78 is 0. The van der Waals surface area contributed by atoms with Crippen LogP contribution in [-0.4, -0.2) is 5.11 Å². The third kappa shape index (κ3) is 3.23. The summed E-state index contributed by atoms with van der Waals surface area (Å²) in [5.41, 5.74) is 10.2. The second kappa shape index (κ2) is 6.63. The highest BCUT2D eigenvalue weighted by Crippen LogP contribution is 2.29. The Hall–Kier alpha value is -1.65. The van der Waals surface area contributed by atoms with Gasteiger partial charge in [-0.2, -0.15) is 11.3 Å². The zero-order valence-corrected chi connectivity index (χ0v) is 13.4. The van der Waals surface area contributed by atoms with Gasteiger partial charge >= 0.3 is 0 Å². The number of hydrogen-bond donors (Lipinski definition) is 2. The number of benzene rings is 2. The first-order chi connectivity index (χ1) is 10.6. The lowest BCUT2D eigenvalue weighted by molar-refractivity contribution is 0.147. The predicted octanol–water partition coefficient (Wildman–Crippen LogP) is 4.80. The molecule has 3 rings (SSSR count). The van der Waals surface area contributed by atoms with Crippen molar-refractivity contribution < 1.29 is 5.11 Å². The molecule has 3 N–H and O–H groups in total. The van der Waals surface area contributed by atoms with Gasteiger partial charge in [0.25, 0.3) is 0 Å². The van der Waals surface area contributed by atoms with E-state index in [4.69, 9.17) is 17.3 Å². The van der Waals surface area contributed by atoms with E-state index in [1.807, 2.05) is 36.4 Å². The number of nitrogens with two attached hydrogens (primary N) is 1. The van der Waals surface area contributed by atoms with Gasteiger partial charge in [-0.05, 0) is 51.2 Å². The molecule has 1 aromatic heterocycles. The molecule has 0 aliphatic heterocycles. The van der Waals surface area contributed by atoms with Crippen LogP contribution >= 0.6 is 22.9 Å². The summed E-state index contributed by atoms with van der Waals surface area (Å²) in [6.45, 7) is 0. The number of hydrogen-bond acceptors (Lipinski definition) is 3. The Labute approximate surface area is 138 Å². The van der Waals surface area contributed by atoms with Crippen LogP contribution in [0.3, 0.4) is 0 Å². The van der Waals surface area contributed by atoms with Gasteiger partial charge in [-0.1, -0.05) is 48.0 Å². The van der Waals surface area contributed by atoms with Crippen molar-refractivity contribution in [2.24, 2.45) is 5.73 Å². The van der Waals surface area contributed by atoms with E-state index in [0.717, 1.165) is 16.7 Å². The van der Waals surface area contributed by atoms with Crippen LogP contribution in [0, 0.1) is 0 Å². The average molecular weight is 330 g/mol. The van der Waals surface area contributed by atoms with Gasteiger partial charge < -0.3 is 10.8 Å². The zero-order chi connectivity index (χ0) is 15.5. The van der Waals surface area contributed by atoms with Crippen LogP contribution in [0.5, 0.6) is 0 Å². The maximum atomic E-state index is 10.5. The van der Waals surface area contributed by atoms with Crippen LogP contribution in [0.4, 0.5) is 0 Å². The molecule has 0 saturated carbocycles. The minimum atomic E-state index is -0.752. The average Bonchev–Trinajstić information content (AvgIpc) is 3.09. The lowest BCUT2D eigenvalue weighted by Crippen LogP contribution is -2.19. The highest BCUT2D eigenvalue weighted by molar-refractivity contribution is 7.08. The monoisotopic (exact) mass is 329 g/mol. The molecule has 2 nitrogen and oxygen atoms in total. The van der Waals surface area contributed by atoms with E-state index < -0.39 is 12.1 Å². The standard InChI is InChI=1S/C18H16ClNOS/c19-16-7-5-13(6-8-16)17(20)18(21)14-3-1-12(2-4-14)15-9-10-22-11-15/h1-11,17-18,21H,20H2/t17-,18+/m0/s1. The van der Waals surface area contributed by atoms with E-state index in [0.29, 0.717) is 5.02 Å². The minimum Gasteiger partial charge on any atom is -0.386 e. The van der Waals surface area contributed by atoms with E-state index in [1.54, 1.807) is 23.5 Å². The van der Waals surface area contributed by atoms with Gasteiger partial charge in [-0.3, -0.25) is 0 Å². The van der Waals surface area contributed by atoms with E-state index in [9.17, 15) is 5.11 Å². The zero-order valence-electron chi connectivity index (χ0n) is 11.8. The van der Waals surface area contributed by atoms with E-state index in [-0.39, 0.29) is 0 Å². The smallest absolute Gasteiger partial charge is 0.0982 e. The fraction of sp³-hybridized carbons (Fsp3) is 0.111. The number of halogens is 1. The van der Waals surface area contributed by atoms with Gasteiger partial charge in [-0.15, -0.1) is 0 Å². The lowest BCUT2D eigenvalue weighted by atomic mass is 9.95.